The molecule has 1 fully saturated rings. The van der Waals surface area contributed by atoms with E-state index < -0.39 is 0 Å². The van der Waals surface area contributed by atoms with E-state index in [0.29, 0.717) is 26.7 Å². The van der Waals surface area contributed by atoms with Gasteiger partial charge in [-0.05, 0) is 58.9 Å². The van der Waals surface area contributed by atoms with Gasteiger partial charge in [-0.3, -0.25) is 0 Å². The van der Waals surface area contributed by atoms with E-state index in [-0.39, 0.29) is 16.6 Å². The first kappa shape index (κ1) is 23.2. The van der Waals surface area contributed by atoms with E-state index >= 15 is 0 Å². The Kier molecular flexibility index (Phi) is 6.91. The molecule has 3 rings (SSSR count). The Hall–Kier alpha value is -1.09. The van der Waals surface area contributed by atoms with Crippen LogP contribution >= 0.6 is 34.8 Å². The molecule has 2 nitrogen and oxygen atoms in total. The Labute approximate surface area is 183 Å². The Morgan fingerprint density at radius 2 is 1.07 bits per heavy atom. The van der Waals surface area contributed by atoms with Gasteiger partial charge in [-0.15, -0.1) is 0 Å². The highest BCUT2D eigenvalue weighted by atomic mass is 35.5. The maximum Gasteiger partial charge on any atom is 0.120 e. The van der Waals surface area contributed by atoms with Crippen molar-refractivity contribution in [2.45, 2.75) is 71.1 Å². The summed E-state index contributed by atoms with van der Waals surface area (Å²) in [5, 5.41) is 21.0. The molecule has 2 aromatic rings. The predicted octanol–water partition coefficient (Wildman–Crippen LogP) is 8.22. The second-order valence-electron chi connectivity index (χ2n) is 9.45. The lowest BCUT2D eigenvalue weighted by atomic mass is 9.85. The van der Waals surface area contributed by atoms with Crippen LogP contribution in [0.2, 0.25) is 15.1 Å². The lowest BCUT2D eigenvalue weighted by Gasteiger charge is -2.22. The molecule has 0 bridgehead atoms. The fraction of sp³-hybridized carbons (Fsp3) is 0.478. The van der Waals surface area contributed by atoms with Crippen LogP contribution in [0.4, 0.5) is 0 Å². The van der Waals surface area contributed by atoms with Gasteiger partial charge in [0.1, 0.15) is 11.5 Å². The minimum Gasteiger partial charge on any atom is -0.508 e. The molecule has 1 aliphatic carbocycles. The largest absolute Gasteiger partial charge is 0.508 e. The maximum absolute atomic E-state index is 9.87. The maximum atomic E-state index is 9.87. The van der Waals surface area contributed by atoms with Crippen LogP contribution in [-0.2, 0) is 10.8 Å². The Morgan fingerprint density at radius 1 is 0.679 bits per heavy atom. The van der Waals surface area contributed by atoms with Crippen LogP contribution in [0, 0.1) is 0 Å². The van der Waals surface area contributed by atoms with Gasteiger partial charge in [0.15, 0.2) is 0 Å². The zero-order chi connectivity index (χ0) is 21.4. The average molecular weight is 444 g/mol. The van der Waals surface area contributed by atoms with Crippen molar-refractivity contribution in [1.29, 1.82) is 0 Å². The second kappa shape index (κ2) is 8.34. The van der Waals surface area contributed by atoms with Gasteiger partial charge >= 0.3 is 0 Å². The molecule has 2 aromatic carbocycles. The van der Waals surface area contributed by atoms with Gasteiger partial charge in [0.05, 0.1) is 10.0 Å². The number of hydrogen-bond acceptors (Lipinski definition) is 2. The van der Waals surface area contributed by atoms with E-state index in [9.17, 15) is 10.2 Å². The first-order valence-electron chi connectivity index (χ1n) is 9.43. The Balaban J connectivity index is 0.000000203. The molecule has 28 heavy (non-hydrogen) atoms. The molecule has 0 aromatic heterocycles. The second-order valence-corrected chi connectivity index (χ2v) is 10.7. The zero-order valence-electron chi connectivity index (χ0n) is 17.3. The van der Waals surface area contributed by atoms with Crippen molar-refractivity contribution in [3.63, 3.8) is 0 Å². The minimum absolute atomic E-state index is 0.0295. The smallest absolute Gasteiger partial charge is 0.120 e. The summed E-state index contributed by atoms with van der Waals surface area (Å²) in [5.74, 6) is 1.14. The number of phenols is 2. The summed E-state index contributed by atoms with van der Waals surface area (Å²) in [7, 11) is 0. The highest BCUT2D eigenvalue weighted by molar-refractivity contribution is 6.42. The van der Waals surface area contributed by atoms with Crippen molar-refractivity contribution in [1.82, 2.24) is 0 Å². The fourth-order valence-electron chi connectivity index (χ4n) is 3.02. The normalized spacial score (nSPS) is 14.5. The van der Waals surface area contributed by atoms with Crippen molar-refractivity contribution >= 4 is 34.8 Å². The summed E-state index contributed by atoms with van der Waals surface area (Å²) in [5.41, 5.74) is 2.85. The monoisotopic (exact) mass is 442 g/mol. The summed E-state index contributed by atoms with van der Waals surface area (Å²) >= 11 is 17.7. The van der Waals surface area contributed by atoms with Gasteiger partial charge < -0.3 is 10.2 Å². The molecule has 5 heteroatoms. The number of rotatable bonds is 1. The highest BCUT2D eigenvalue weighted by Crippen LogP contribution is 2.46. The molecule has 0 saturated heterocycles. The van der Waals surface area contributed by atoms with E-state index in [2.05, 4.69) is 26.8 Å². The number of aromatic hydroxyl groups is 2. The Bertz CT molecular complexity index is 858. The lowest BCUT2D eigenvalue weighted by Crippen LogP contribution is -2.11. The molecule has 0 atom stereocenters. The molecule has 2 N–H and O–H groups in total. The zero-order valence-corrected chi connectivity index (χ0v) is 19.6. The van der Waals surface area contributed by atoms with Gasteiger partial charge in [0.25, 0.3) is 0 Å². The van der Waals surface area contributed by atoms with E-state index in [1.54, 1.807) is 12.1 Å². The van der Waals surface area contributed by atoms with Crippen molar-refractivity contribution in [2.24, 2.45) is 0 Å². The van der Waals surface area contributed by atoms with Crippen molar-refractivity contribution in [2.75, 3.05) is 0 Å². The van der Waals surface area contributed by atoms with Crippen molar-refractivity contribution in [3.05, 3.63) is 56.0 Å². The molecule has 0 unspecified atom stereocenters. The summed E-state index contributed by atoms with van der Waals surface area (Å²) in [6.45, 7) is 12.3. The third-order valence-corrected chi connectivity index (χ3v) is 5.84. The minimum atomic E-state index is -0.127. The first-order valence-corrected chi connectivity index (χ1v) is 10.6. The standard InChI is InChI=1S/C13H17ClO.C10H12Cl2O/c1-13(2,3)10-6-9(8-4-5-8)11(14)7-12(10)15;1-10(2,3)6-4-7(11)8(12)5-9(6)13/h6-8,15H,4-5H2,1-3H3;4-5,13H,1-3H3. The van der Waals surface area contributed by atoms with E-state index in [4.69, 9.17) is 34.8 Å². The van der Waals surface area contributed by atoms with E-state index in [1.165, 1.54) is 24.5 Å². The molecule has 0 amide bonds. The molecular weight excluding hydrogens is 415 g/mol. The van der Waals surface area contributed by atoms with Gasteiger partial charge in [0.2, 0.25) is 0 Å². The quantitative estimate of drug-likeness (QED) is 0.466. The lowest BCUT2D eigenvalue weighted by molar-refractivity contribution is 0.446. The number of phenolic OH excluding ortho intramolecular Hbond substituents is 2. The van der Waals surface area contributed by atoms with Gasteiger partial charge in [-0.25, -0.2) is 0 Å². The van der Waals surface area contributed by atoms with Crippen LogP contribution in [0.1, 0.15) is 77.0 Å². The molecule has 0 spiro atoms. The van der Waals surface area contributed by atoms with Gasteiger partial charge in [-0.2, -0.15) is 0 Å². The molecule has 1 aliphatic rings. The third kappa shape index (κ3) is 5.72. The molecule has 0 radical (unpaired) electrons. The Morgan fingerprint density at radius 3 is 1.50 bits per heavy atom. The number of halogens is 3. The topological polar surface area (TPSA) is 40.5 Å². The van der Waals surface area contributed by atoms with Crippen molar-refractivity contribution in [3.8, 4) is 11.5 Å². The number of hydrogen-bond donors (Lipinski definition) is 2. The van der Waals surface area contributed by atoms with Crippen LogP contribution in [0.25, 0.3) is 0 Å². The van der Waals surface area contributed by atoms with Crippen LogP contribution in [0.3, 0.4) is 0 Å². The highest BCUT2D eigenvalue weighted by Gasteiger charge is 2.29. The fourth-order valence-corrected chi connectivity index (χ4v) is 3.66. The predicted molar refractivity (Wildman–Crippen MR) is 121 cm³/mol. The molecule has 0 aliphatic heterocycles. The summed E-state index contributed by atoms with van der Waals surface area (Å²) in [6.07, 6.45) is 2.46. The molecular formula is C23H29Cl3O2. The van der Waals surface area contributed by atoms with E-state index in [0.717, 1.165) is 11.1 Å². The number of benzene rings is 2. The van der Waals surface area contributed by atoms with Crippen LogP contribution in [0.15, 0.2) is 24.3 Å². The molecule has 154 valence electrons. The third-order valence-electron chi connectivity index (χ3n) is 4.79. The van der Waals surface area contributed by atoms with E-state index in [1.807, 2.05) is 20.8 Å². The molecule has 0 heterocycles. The van der Waals surface area contributed by atoms with Crippen molar-refractivity contribution < 1.29 is 10.2 Å². The van der Waals surface area contributed by atoms with Crippen LogP contribution < -0.4 is 0 Å². The summed E-state index contributed by atoms with van der Waals surface area (Å²) in [6, 6.07) is 6.95. The van der Waals surface area contributed by atoms with Gasteiger partial charge in [0, 0.05) is 16.7 Å². The first-order chi connectivity index (χ1) is 12.7. The molecule has 1 saturated carbocycles. The summed E-state index contributed by atoms with van der Waals surface area (Å²) in [4.78, 5) is 0. The summed E-state index contributed by atoms with van der Waals surface area (Å²) < 4.78 is 0. The van der Waals surface area contributed by atoms with Gasteiger partial charge in [-0.1, -0.05) is 76.3 Å². The average Bonchev–Trinajstić information content (AvgIpc) is 3.34. The van der Waals surface area contributed by atoms with Crippen LogP contribution in [-0.4, -0.2) is 10.2 Å². The van der Waals surface area contributed by atoms with Crippen LogP contribution in [0.5, 0.6) is 11.5 Å². The SMILES string of the molecule is CC(C)(C)c1cc(C2CC2)c(Cl)cc1O.CC(C)(C)c1cc(Cl)c(Cl)cc1O.